The predicted molar refractivity (Wildman–Crippen MR) is 56.1 cm³/mol. The molecule has 0 radical (unpaired) electrons. The van der Waals surface area contributed by atoms with Gasteiger partial charge in [-0.2, -0.15) is 26.3 Å². The van der Waals surface area contributed by atoms with Crippen LogP contribution in [-0.4, -0.2) is 25.6 Å². The summed E-state index contributed by atoms with van der Waals surface area (Å²) in [5.41, 5.74) is -1.07. The van der Waals surface area contributed by atoms with Crippen LogP contribution in [0, 0.1) is 5.41 Å². The van der Waals surface area contributed by atoms with E-state index in [0.717, 1.165) is 0 Å². The fraction of sp³-hybridized carbons (Fsp3) is 0.636. The first-order valence-electron chi connectivity index (χ1n) is 5.03. The van der Waals surface area contributed by atoms with E-state index in [-0.39, 0.29) is 0 Å². The Morgan fingerprint density at radius 1 is 0.789 bits per heavy atom. The summed E-state index contributed by atoms with van der Waals surface area (Å²) in [6.07, 6.45) is -9.40. The standard InChI is InChI=1S/C11H14F6O2/c1-7(10(12,13)14)18-5-9(3,4)6-19-8(2)11(15,16)17/h1-2,5-6H2,3-4H3. The molecule has 0 aromatic carbocycles. The molecule has 0 saturated carbocycles. The highest BCUT2D eigenvalue weighted by Crippen LogP contribution is 2.29. The van der Waals surface area contributed by atoms with Crippen molar-refractivity contribution in [3.8, 4) is 0 Å². The minimum atomic E-state index is -4.70. The van der Waals surface area contributed by atoms with Gasteiger partial charge in [0.2, 0.25) is 0 Å². The number of alkyl halides is 6. The van der Waals surface area contributed by atoms with E-state index < -0.39 is 42.5 Å². The predicted octanol–water partition coefficient (Wildman–Crippen LogP) is 4.20. The summed E-state index contributed by atoms with van der Waals surface area (Å²) in [5.74, 6) is -2.81. The van der Waals surface area contributed by atoms with Gasteiger partial charge in [0.1, 0.15) is 0 Å². The molecule has 0 unspecified atom stereocenters. The van der Waals surface area contributed by atoms with Crippen molar-refractivity contribution in [1.29, 1.82) is 0 Å². The van der Waals surface area contributed by atoms with E-state index in [0.29, 0.717) is 0 Å². The minimum Gasteiger partial charge on any atom is -0.489 e. The normalized spacial score (nSPS) is 13.1. The van der Waals surface area contributed by atoms with Crippen LogP contribution in [0.15, 0.2) is 24.7 Å². The Balaban J connectivity index is 4.28. The first-order chi connectivity index (χ1) is 8.26. The number of allylic oxidation sites excluding steroid dienone is 2. The summed E-state index contributed by atoms with van der Waals surface area (Å²) in [6.45, 7) is 7.16. The Hall–Kier alpha value is -1.34. The van der Waals surface area contributed by atoms with E-state index in [9.17, 15) is 26.3 Å². The number of hydrogen-bond acceptors (Lipinski definition) is 2. The number of ether oxygens (including phenoxy) is 2. The molecule has 0 saturated heterocycles. The van der Waals surface area contributed by atoms with Crippen LogP contribution >= 0.6 is 0 Å². The molecule has 0 aliphatic heterocycles. The van der Waals surface area contributed by atoms with Gasteiger partial charge < -0.3 is 9.47 Å². The monoisotopic (exact) mass is 292 g/mol. The van der Waals surface area contributed by atoms with Crippen LogP contribution in [0.1, 0.15) is 13.8 Å². The zero-order valence-corrected chi connectivity index (χ0v) is 10.4. The maximum atomic E-state index is 12.1. The highest BCUT2D eigenvalue weighted by atomic mass is 19.4. The summed E-state index contributed by atoms with van der Waals surface area (Å²) in [6, 6.07) is 0. The number of halogens is 6. The van der Waals surface area contributed by atoms with Crippen molar-refractivity contribution in [2.45, 2.75) is 26.2 Å². The zero-order chi connectivity index (χ0) is 15.5. The third-order valence-corrected chi connectivity index (χ3v) is 1.91. The molecule has 19 heavy (non-hydrogen) atoms. The van der Waals surface area contributed by atoms with Crippen molar-refractivity contribution in [2.24, 2.45) is 5.41 Å². The van der Waals surface area contributed by atoms with E-state index in [1.807, 2.05) is 0 Å². The fourth-order valence-electron chi connectivity index (χ4n) is 0.770. The molecule has 0 aliphatic rings. The fourth-order valence-corrected chi connectivity index (χ4v) is 0.770. The first kappa shape index (κ1) is 17.7. The Kier molecular flexibility index (Phi) is 5.34. The van der Waals surface area contributed by atoms with Gasteiger partial charge in [0.05, 0.1) is 13.2 Å². The highest BCUT2D eigenvalue weighted by molar-refractivity contribution is 4.94. The van der Waals surface area contributed by atoms with Crippen LogP contribution in [0.4, 0.5) is 26.3 Å². The molecular weight excluding hydrogens is 278 g/mol. The van der Waals surface area contributed by atoms with E-state index in [1.54, 1.807) is 0 Å². The average Bonchev–Trinajstić information content (AvgIpc) is 2.20. The summed E-state index contributed by atoms with van der Waals surface area (Å²) >= 11 is 0. The lowest BCUT2D eigenvalue weighted by atomic mass is 9.96. The molecule has 0 aromatic heterocycles. The molecule has 0 N–H and O–H groups in total. The van der Waals surface area contributed by atoms with Crippen molar-refractivity contribution >= 4 is 0 Å². The number of rotatable bonds is 6. The second-order valence-corrected chi connectivity index (χ2v) is 4.58. The minimum absolute atomic E-state index is 0.490. The Morgan fingerprint density at radius 2 is 1.05 bits per heavy atom. The topological polar surface area (TPSA) is 18.5 Å². The van der Waals surface area contributed by atoms with E-state index >= 15 is 0 Å². The molecule has 0 aromatic rings. The molecule has 0 atom stereocenters. The second kappa shape index (κ2) is 5.75. The van der Waals surface area contributed by atoms with Crippen molar-refractivity contribution in [3.63, 3.8) is 0 Å². The average molecular weight is 292 g/mol. The molecule has 0 heterocycles. The maximum absolute atomic E-state index is 12.1. The van der Waals surface area contributed by atoms with Gasteiger partial charge in [-0.25, -0.2) is 0 Å². The summed E-state index contributed by atoms with van der Waals surface area (Å²) < 4.78 is 81.2. The van der Waals surface area contributed by atoms with Gasteiger partial charge in [-0.1, -0.05) is 27.0 Å². The van der Waals surface area contributed by atoms with E-state index in [1.165, 1.54) is 13.8 Å². The zero-order valence-electron chi connectivity index (χ0n) is 10.4. The molecule has 0 rings (SSSR count). The third kappa shape index (κ3) is 6.97. The van der Waals surface area contributed by atoms with E-state index in [4.69, 9.17) is 0 Å². The Morgan fingerprint density at radius 3 is 1.26 bits per heavy atom. The summed E-state index contributed by atoms with van der Waals surface area (Å²) in [4.78, 5) is 0. The van der Waals surface area contributed by atoms with Crippen molar-refractivity contribution in [1.82, 2.24) is 0 Å². The van der Waals surface area contributed by atoms with Crippen LogP contribution in [0.3, 0.4) is 0 Å². The molecule has 2 nitrogen and oxygen atoms in total. The Labute approximate surface area is 106 Å². The summed E-state index contributed by atoms with van der Waals surface area (Å²) in [7, 11) is 0. The van der Waals surface area contributed by atoms with Gasteiger partial charge in [0, 0.05) is 5.41 Å². The van der Waals surface area contributed by atoms with Gasteiger partial charge in [-0.05, 0) is 0 Å². The van der Waals surface area contributed by atoms with Gasteiger partial charge >= 0.3 is 12.4 Å². The van der Waals surface area contributed by atoms with Crippen molar-refractivity contribution < 1.29 is 35.8 Å². The maximum Gasteiger partial charge on any atom is 0.448 e. The highest BCUT2D eigenvalue weighted by Gasteiger charge is 2.37. The molecule has 0 amide bonds. The lowest BCUT2D eigenvalue weighted by Gasteiger charge is -2.26. The SMILES string of the molecule is C=C(OCC(C)(C)COC(=C)C(F)(F)F)C(F)(F)F. The smallest absolute Gasteiger partial charge is 0.448 e. The van der Waals surface area contributed by atoms with Crippen LogP contribution in [0.25, 0.3) is 0 Å². The van der Waals surface area contributed by atoms with Gasteiger partial charge in [0.15, 0.2) is 11.5 Å². The lowest BCUT2D eigenvalue weighted by molar-refractivity contribution is -0.145. The van der Waals surface area contributed by atoms with Crippen molar-refractivity contribution in [2.75, 3.05) is 13.2 Å². The molecule has 0 spiro atoms. The van der Waals surface area contributed by atoms with Crippen LogP contribution in [0.5, 0.6) is 0 Å². The largest absolute Gasteiger partial charge is 0.489 e. The molecule has 112 valence electrons. The molecular formula is C11H14F6O2. The van der Waals surface area contributed by atoms with Gasteiger partial charge in [0.25, 0.3) is 0 Å². The second-order valence-electron chi connectivity index (χ2n) is 4.58. The van der Waals surface area contributed by atoms with Crippen LogP contribution < -0.4 is 0 Å². The quantitative estimate of drug-likeness (QED) is 0.539. The first-order valence-corrected chi connectivity index (χ1v) is 5.03. The van der Waals surface area contributed by atoms with Gasteiger partial charge in [-0.3, -0.25) is 0 Å². The third-order valence-electron chi connectivity index (χ3n) is 1.91. The Bertz CT molecular complexity index is 308. The van der Waals surface area contributed by atoms with E-state index in [2.05, 4.69) is 22.6 Å². The molecule has 0 fully saturated rings. The molecule has 0 aliphatic carbocycles. The lowest BCUT2D eigenvalue weighted by Crippen LogP contribution is -2.29. The van der Waals surface area contributed by atoms with Gasteiger partial charge in [-0.15, -0.1) is 0 Å². The van der Waals surface area contributed by atoms with Crippen LogP contribution in [0.2, 0.25) is 0 Å². The molecule has 0 bridgehead atoms. The van der Waals surface area contributed by atoms with Crippen LogP contribution in [-0.2, 0) is 9.47 Å². The summed E-state index contributed by atoms with van der Waals surface area (Å²) in [5, 5.41) is 0. The van der Waals surface area contributed by atoms with Crippen molar-refractivity contribution in [3.05, 3.63) is 24.7 Å². The molecule has 8 heteroatoms. The number of hydrogen-bond donors (Lipinski definition) is 0.